The van der Waals surface area contributed by atoms with Gasteiger partial charge in [-0.1, -0.05) is 88.4 Å². The van der Waals surface area contributed by atoms with E-state index in [1.165, 1.54) is 12.1 Å². The minimum absolute atomic E-state index is 0.000883. The van der Waals surface area contributed by atoms with Gasteiger partial charge in [0.25, 0.3) is 23.6 Å². The molecule has 1 aliphatic carbocycles. The molecule has 3 aliphatic heterocycles. The molecule has 7 rings (SSSR count). The molecule has 4 N–H and O–H groups in total. The van der Waals surface area contributed by atoms with Gasteiger partial charge in [-0.05, 0) is 95.9 Å². The molecule has 4 amide bonds. The summed E-state index contributed by atoms with van der Waals surface area (Å²) in [5, 5.41) is 23.9. The average molecular weight is 973 g/mol. The molecule has 0 spiro atoms. The fraction of sp³-hybridized carbons (Fsp3) is 0.431. The number of imide groups is 1. The van der Waals surface area contributed by atoms with Crippen LogP contribution < -0.4 is 20.3 Å². The largest absolute Gasteiger partial charge is 0.480 e. The number of unbranched alkanes of at least 4 members (excludes halogenated alkanes) is 2. The van der Waals surface area contributed by atoms with E-state index in [2.05, 4.69) is 20.6 Å². The van der Waals surface area contributed by atoms with Crippen molar-refractivity contribution in [3.63, 3.8) is 0 Å². The number of amides is 4. The highest BCUT2D eigenvalue weighted by molar-refractivity contribution is 6.34. The molecule has 16 nitrogen and oxygen atoms in total. The number of rotatable bonds is 14. The van der Waals surface area contributed by atoms with E-state index in [4.69, 9.17) is 21.1 Å². The lowest BCUT2D eigenvalue weighted by atomic mass is 9.89. The van der Waals surface area contributed by atoms with Gasteiger partial charge in [0.05, 0.1) is 28.4 Å². The molecular weight excluding hydrogens is 913 g/mol. The molecule has 4 aliphatic rings. The summed E-state index contributed by atoms with van der Waals surface area (Å²) >= 11 is 6.02. The summed E-state index contributed by atoms with van der Waals surface area (Å²) in [5.74, 6) is -4.13. The normalized spacial score (nSPS) is 19.5. The van der Waals surface area contributed by atoms with Crippen LogP contribution in [0.25, 0.3) is 0 Å². The molecule has 0 bridgehead atoms. The highest BCUT2D eigenvalue weighted by Gasteiger charge is 2.44. The fourth-order valence-corrected chi connectivity index (χ4v) is 7.89. The van der Waals surface area contributed by atoms with Crippen molar-refractivity contribution in [2.24, 2.45) is 21.8 Å². The number of carboxylic acid groups (broad SMARTS) is 2. The zero-order chi connectivity index (χ0) is 51.1. The number of benzene rings is 3. The molecule has 2 unspecified atom stereocenters. The lowest BCUT2D eigenvalue weighted by Crippen LogP contribution is -2.41. The molecule has 0 saturated carbocycles. The van der Waals surface area contributed by atoms with Gasteiger partial charge < -0.3 is 30.3 Å². The summed E-state index contributed by atoms with van der Waals surface area (Å²) in [6, 6.07) is 12.2. The number of aromatic carboxylic acids is 2. The van der Waals surface area contributed by atoms with Gasteiger partial charge in [-0.15, -0.1) is 0 Å². The third-order valence-electron chi connectivity index (χ3n) is 12.6. The van der Waals surface area contributed by atoms with Gasteiger partial charge in [-0.25, -0.2) is 23.7 Å². The first-order valence-corrected chi connectivity index (χ1v) is 23.2. The quantitative estimate of drug-likeness (QED) is 0.0682. The van der Waals surface area contributed by atoms with Crippen molar-refractivity contribution < 1.29 is 57.6 Å². The SMILES string of the molecule is CCCCCOC(=O)COc1cc(N2C(=O)C3=C(CCCC3)C2=O)c(F)cc1Cl.Cc1ccc(C(=O)O)c(C2=NC(C)(C(C)C)C(=O)N2)c1.Cc1ccc(C2=NC(C)(C(C)C)C(=O)N2)c(C(=O)O)c1. The van der Waals surface area contributed by atoms with Gasteiger partial charge in [0.15, 0.2) is 6.61 Å². The lowest BCUT2D eigenvalue weighted by Gasteiger charge is -2.21. The number of nitrogens with zero attached hydrogens (tertiary/aromatic N) is 3. The van der Waals surface area contributed by atoms with E-state index in [1.807, 2.05) is 54.5 Å². The minimum atomic E-state index is -1.03. The number of ether oxygens (including phenoxy) is 2. The van der Waals surface area contributed by atoms with Crippen molar-refractivity contribution in [3.8, 4) is 5.75 Å². The van der Waals surface area contributed by atoms with Crippen LogP contribution in [0.5, 0.6) is 5.75 Å². The van der Waals surface area contributed by atoms with Crippen LogP contribution in [0.1, 0.15) is 136 Å². The molecule has 0 aromatic heterocycles. The third-order valence-corrected chi connectivity index (χ3v) is 12.9. The number of amidine groups is 2. The Bertz CT molecular complexity index is 2650. The third kappa shape index (κ3) is 11.8. The van der Waals surface area contributed by atoms with Crippen LogP contribution in [0, 0.1) is 31.5 Å². The second-order valence-electron chi connectivity index (χ2n) is 18.2. The van der Waals surface area contributed by atoms with Crippen LogP contribution in [0.3, 0.4) is 0 Å². The molecule has 3 aromatic rings. The van der Waals surface area contributed by atoms with Crippen molar-refractivity contribution in [1.29, 1.82) is 0 Å². The molecular formula is C51H59ClFN5O11. The molecule has 0 saturated heterocycles. The van der Waals surface area contributed by atoms with E-state index in [9.17, 15) is 48.2 Å². The highest BCUT2D eigenvalue weighted by atomic mass is 35.5. The Balaban J connectivity index is 0.000000199. The Morgan fingerprint density at radius 2 is 1.29 bits per heavy atom. The first kappa shape index (κ1) is 53.2. The maximum Gasteiger partial charge on any atom is 0.344 e. The number of aryl methyl sites for hydroxylation is 2. The number of carbonyl (C=O) groups is 7. The Labute approximate surface area is 405 Å². The van der Waals surface area contributed by atoms with Crippen molar-refractivity contribution in [2.75, 3.05) is 18.1 Å². The first-order valence-electron chi connectivity index (χ1n) is 22.8. The molecule has 18 heteroatoms. The van der Waals surface area contributed by atoms with Gasteiger partial charge in [-0.3, -0.25) is 29.2 Å². The summed E-state index contributed by atoms with van der Waals surface area (Å²) in [7, 11) is 0. The summed E-state index contributed by atoms with van der Waals surface area (Å²) < 4.78 is 25.0. The molecule has 69 heavy (non-hydrogen) atoms. The zero-order valence-corrected chi connectivity index (χ0v) is 41.1. The number of esters is 1. The predicted molar refractivity (Wildman–Crippen MR) is 257 cm³/mol. The highest BCUT2D eigenvalue weighted by Crippen LogP contribution is 2.40. The second-order valence-corrected chi connectivity index (χ2v) is 18.6. The van der Waals surface area contributed by atoms with E-state index < -0.39 is 53.2 Å². The Kier molecular flexibility index (Phi) is 17.1. The zero-order valence-electron chi connectivity index (χ0n) is 40.3. The van der Waals surface area contributed by atoms with Crippen LogP contribution in [-0.4, -0.2) is 87.7 Å². The lowest BCUT2D eigenvalue weighted by molar-refractivity contribution is -0.146. The smallest absolute Gasteiger partial charge is 0.344 e. The number of hydrogen-bond acceptors (Lipinski definition) is 11. The number of nitrogens with one attached hydrogen (secondary N) is 2. The molecule has 2 atom stereocenters. The average Bonchev–Trinajstić information content (AvgIpc) is 3.88. The summed E-state index contributed by atoms with van der Waals surface area (Å²) in [6.45, 7) is 16.8. The van der Waals surface area contributed by atoms with Crippen LogP contribution in [0.2, 0.25) is 5.02 Å². The van der Waals surface area contributed by atoms with Crippen molar-refractivity contribution in [1.82, 2.24) is 10.6 Å². The second kappa shape index (κ2) is 22.1. The van der Waals surface area contributed by atoms with E-state index in [0.29, 0.717) is 53.4 Å². The topological polar surface area (TPSA) is 230 Å². The van der Waals surface area contributed by atoms with Gasteiger partial charge in [0.1, 0.15) is 34.3 Å². The standard InChI is InChI=1S/C21H23ClFNO5.2C15H18N2O3/c1-2-3-6-9-28-19(25)12-29-18-11-17(16(23)10-15(18)22)24-20(26)13-7-4-5-8-14(13)21(24)27;1-8(2)15(4)14(20)16-12(17-15)11-7-9(3)5-6-10(11)13(18)19;1-8(2)15(4)14(20)16-12(17-15)10-6-5-9(3)7-11(10)13(18)19/h10-11H,2-9,12H2,1H3;2*5-8H,1-4H3,(H,18,19)(H,16,17,20). The maximum absolute atomic E-state index is 14.5. The molecule has 368 valence electrons. The van der Waals surface area contributed by atoms with Gasteiger partial charge in [0, 0.05) is 28.3 Å². The molecule has 3 heterocycles. The Morgan fingerprint density at radius 3 is 1.80 bits per heavy atom. The predicted octanol–water partition coefficient (Wildman–Crippen LogP) is 8.30. The van der Waals surface area contributed by atoms with Crippen LogP contribution in [0.4, 0.5) is 10.1 Å². The van der Waals surface area contributed by atoms with E-state index in [1.54, 1.807) is 38.1 Å². The number of halogens is 2. The maximum atomic E-state index is 14.5. The van der Waals surface area contributed by atoms with Crippen LogP contribution in [-0.2, 0) is 28.7 Å². The molecule has 0 radical (unpaired) electrons. The monoisotopic (exact) mass is 971 g/mol. The van der Waals surface area contributed by atoms with Gasteiger partial charge in [-0.2, -0.15) is 0 Å². The van der Waals surface area contributed by atoms with E-state index in [-0.39, 0.29) is 51.2 Å². The first-order chi connectivity index (χ1) is 32.4. The van der Waals surface area contributed by atoms with Crippen molar-refractivity contribution in [2.45, 2.75) is 118 Å². The minimum Gasteiger partial charge on any atom is -0.480 e. The van der Waals surface area contributed by atoms with E-state index in [0.717, 1.165) is 54.2 Å². The molecule has 3 aromatic carbocycles. The summed E-state index contributed by atoms with van der Waals surface area (Å²) in [6.07, 6.45) is 5.40. The fourth-order valence-electron chi connectivity index (χ4n) is 7.68. The number of hydrogen-bond donors (Lipinski definition) is 4. The van der Waals surface area contributed by atoms with Crippen LogP contribution in [0.15, 0.2) is 69.7 Å². The van der Waals surface area contributed by atoms with Gasteiger partial charge >= 0.3 is 17.9 Å². The summed E-state index contributed by atoms with van der Waals surface area (Å²) in [4.78, 5) is 93.7. The Hall–Kier alpha value is -6.75. The number of anilines is 1. The number of aliphatic imine (C=N–C) groups is 2. The van der Waals surface area contributed by atoms with E-state index >= 15 is 0 Å². The van der Waals surface area contributed by atoms with Crippen molar-refractivity contribution >= 4 is 70.5 Å². The van der Waals surface area contributed by atoms with Crippen molar-refractivity contribution in [3.05, 3.63) is 104 Å². The summed E-state index contributed by atoms with van der Waals surface area (Å²) in [5.41, 5.74) is 1.93. The van der Waals surface area contributed by atoms with Gasteiger partial charge in [0.2, 0.25) is 0 Å². The Morgan fingerprint density at radius 1 is 0.768 bits per heavy atom. The molecule has 0 fully saturated rings. The number of carboxylic acids is 2. The number of carbonyl (C=O) groups excluding carboxylic acids is 5. The van der Waals surface area contributed by atoms with Crippen LogP contribution >= 0.6 is 11.6 Å².